The van der Waals surface area contributed by atoms with E-state index in [4.69, 9.17) is 0 Å². The molecule has 0 bridgehead atoms. The molecule has 0 aliphatic carbocycles. The summed E-state index contributed by atoms with van der Waals surface area (Å²) < 4.78 is 1.99. The third-order valence-corrected chi connectivity index (χ3v) is 6.25. The molecule has 5 rings (SSSR count). The monoisotopic (exact) mass is 418 g/mol. The Hall–Kier alpha value is -3.39. The molecule has 1 amide bonds. The molecule has 1 saturated heterocycles. The number of piperidine rings is 1. The van der Waals surface area contributed by atoms with Crippen molar-refractivity contribution in [3.63, 3.8) is 0 Å². The molecule has 1 aromatic carbocycles. The summed E-state index contributed by atoms with van der Waals surface area (Å²) in [6, 6.07) is 9.79. The topological polar surface area (TPSA) is 99.1 Å². The lowest BCUT2D eigenvalue weighted by Crippen LogP contribution is -2.39. The summed E-state index contributed by atoms with van der Waals surface area (Å²) in [5, 5.41) is 13.4. The number of benzene rings is 1. The van der Waals surface area contributed by atoms with Gasteiger partial charge in [-0.2, -0.15) is 0 Å². The summed E-state index contributed by atoms with van der Waals surface area (Å²) in [4.78, 5) is 27.5. The SMILES string of the molecule is CNc1nc2[nH]c(-c3cccc(C(=O)N4CCC(CO)CC4)c3)cc2c2c1ncn2C. The maximum atomic E-state index is 13.0. The van der Waals surface area contributed by atoms with Gasteiger partial charge in [0, 0.05) is 50.4 Å². The fourth-order valence-electron chi connectivity index (χ4n) is 4.45. The molecule has 3 aromatic heterocycles. The molecule has 3 N–H and O–H groups in total. The van der Waals surface area contributed by atoms with Crippen molar-refractivity contribution in [1.29, 1.82) is 0 Å². The normalized spacial score (nSPS) is 15.1. The molecule has 0 radical (unpaired) electrons. The number of hydrogen-bond acceptors (Lipinski definition) is 5. The second-order valence-corrected chi connectivity index (χ2v) is 8.21. The molecule has 4 heterocycles. The van der Waals surface area contributed by atoms with E-state index in [0.717, 1.165) is 52.0 Å². The highest BCUT2D eigenvalue weighted by atomic mass is 16.3. The van der Waals surface area contributed by atoms with E-state index in [-0.39, 0.29) is 12.5 Å². The molecule has 8 heteroatoms. The smallest absolute Gasteiger partial charge is 0.253 e. The number of aromatic nitrogens is 4. The summed E-state index contributed by atoms with van der Waals surface area (Å²) in [5.41, 5.74) is 5.14. The van der Waals surface area contributed by atoms with Crippen molar-refractivity contribution in [3.05, 3.63) is 42.2 Å². The number of imidazole rings is 1. The van der Waals surface area contributed by atoms with Gasteiger partial charge in [0.25, 0.3) is 5.91 Å². The number of anilines is 1. The number of fused-ring (bicyclic) bond motifs is 3. The van der Waals surface area contributed by atoms with Crippen LogP contribution in [0.15, 0.2) is 36.7 Å². The summed E-state index contributed by atoms with van der Waals surface area (Å²) in [5.74, 6) is 1.08. The molecule has 0 saturated carbocycles. The molecule has 1 aliphatic heterocycles. The van der Waals surface area contributed by atoms with Crippen molar-refractivity contribution < 1.29 is 9.90 Å². The Morgan fingerprint density at radius 1 is 1.29 bits per heavy atom. The van der Waals surface area contributed by atoms with E-state index in [0.29, 0.717) is 24.6 Å². The van der Waals surface area contributed by atoms with E-state index >= 15 is 0 Å². The van der Waals surface area contributed by atoms with Crippen LogP contribution in [0.1, 0.15) is 23.2 Å². The Morgan fingerprint density at radius 3 is 2.84 bits per heavy atom. The van der Waals surface area contributed by atoms with Crippen molar-refractivity contribution in [1.82, 2.24) is 24.4 Å². The molecule has 0 unspecified atom stereocenters. The van der Waals surface area contributed by atoms with Gasteiger partial charge in [0.05, 0.1) is 11.8 Å². The predicted molar refractivity (Wildman–Crippen MR) is 121 cm³/mol. The second kappa shape index (κ2) is 7.70. The zero-order valence-electron chi connectivity index (χ0n) is 17.7. The number of aromatic amines is 1. The summed E-state index contributed by atoms with van der Waals surface area (Å²) in [6.45, 7) is 1.58. The Labute approximate surface area is 179 Å². The number of carbonyl (C=O) groups is 1. The predicted octanol–water partition coefficient (Wildman–Crippen LogP) is 3.00. The van der Waals surface area contributed by atoms with Crippen molar-refractivity contribution in [2.75, 3.05) is 32.1 Å². The molecule has 0 atom stereocenters. The van der Waals surface area contributed by atoms with Gasteiger partial charge in [0.15, 0.2) is 5.82 Å². The van der Waals surface area contributed by atoms with Crippen LogP contribution < -0.4 is 5.32 Å². The quantitative estimate of drug-likeness (QED) is 0.473. The highest BCUT2D eigenvalue weighted by Gasteiger charge is 2.23. The molecule has 8 nitrogen and oxygen atoms in total. The maximum Gasteiger partial charge on any atom is 0.253 e. The number of nitrogens with zero attached hydrogens (tertiary/aromatic N) is 4. The van der Waals surface area contributed by atoms with Crippen molar-refractivity contribution in [3.8, 4) is 11.3 Å². The number of pyridine rings is 1. The number of amides is 1. The van der Waals surface area contributed by atoms with E-state index < -0.39 is 0 Å². The molecule has 1 aliphatic rings. The van der Waals surface area contributed by atoms with E-state index in [1.165, 1.54) is 0 Å². The van der Waals surface area contributed by atoms with Gasteiger partial charge in [-0.25, -0.2) is 9.97 Å². The largest absolute Gasteiger partial charge is 0.396 e. The van der Waals surface area contributed by atoms with E-state index in [1.807, 2.05) is 47.8 Å². The van der Waals surface area contributed by atoms with Crippen LogP contribution in [-0.4, -0.2) is 62.2 Å². The molecule has 1 fully saturated rings. The Kier molecular flexibility index (Phi) is 4.86. The van der Waals surface area contributed by atoms with E-state index in [9.17, 15) is 9.90 Å². The highest BCUT2D eigenvalue weighted by molar-refractivity contribution is 6.07. The van der Waals surface area contributed by atoms with Crippen molar-refractivity contribution in [2.24, 2.45) is 13.0 Å². The van der Waals surface area contributed by atoms with E-state index in [1.54, 1.807) is 6.33 Å². The van der Waals surface area contributed by atoms with Crippen LogP contribution in [0.5, 0.6) is 0 Å². The number of nitrogens with one attached hydrogen (secondary N) is 2. The number of aliphatic hydroxyl groups excluding tert-OH is 1. The number of rotatable bonds is 4. The minimum atomic E-state index is 0.0407. The fourth-order valence-corrected chi connectivity index (χ4v) is 4.45. The Bertz CT molecular complexity index is 1270. The van der Waals surface area contributed by atoms with Gasteiger partial charge in [-0.15, -0.1) is 0 Å². The zero-order valence-corrected chi connectivity index (χ0v) is 17.7. The van der Waals surface area contributed by atoms with Crippen LogP contribution in [0.3, 0.4) is 0 Å². The van der Waals surface area contributed by atoms with Crippen LogP contribution in [-0.2, 0) is 7.05 Å². The Balaban J connectivity index is 1.50. The number of H-pyrrole nitrogens is 1. The number of likely N-dealkylation sites (tertiary alicyclic amines) is 1. The average molecular weight is 419 g/mol. The van der Waals surface area contributed by atoms with Gasteiger partial charge in [0.1, 0.15) is 11.2 Å². The van der Waals surface area contributed by atoms with Crippen LogP contribution in [0, 0.1) is 5.92 Å². The number of hydrogen-bond donors (Lipinski definition) is 3. The van der Waals surface area contributed by atoms with E-state index in [2.05, 4.69) is 26.3 Å². The zero-order chi connectivity index (χ0) is 21.5. The van der Waals surface area contributed by atoms with Crippen LogP contribution in [0.25, 0.3) is 33.3 Å². The van der Waals surface area contributed by atoms with Crippen molar-refractivity contribution >= 4 is 33.8 Å². The minimum Gasteiger partial charge on any atom is -0.396 e. The molecule has 160 valence electrons. The lowest BCUT2D eigenvalue weighted by Gasteiger charge is -2.31. The van der Waals surface area contributed by atoms with Crippen molar-refractivity contribution in [2.45, 2.75) is 12.8 Å². The van der Waals surface area contributed by atoms with Crippen LogP contribution >= 0.6 is 0 Å². The third kappa shape index (κ3) is 3.33. The molecular formula is C23H26N6O2. The molecule has 0 spiro atoms. The van der Waals surface area contributed by atoms with Gasteiger partial charge < -0.3 is 24.9 Å². The molecule has 4 aromatic rings. The summed E-state index contributed by atoms with van der Waals surface area (Å²) in [7, 11) is 3.81. The van der Waals surface area contributed by atoms with Gasteiger partial charge in [-0.1, -0.05) is 12.1 Å². The first kappa shape index (κ1) is 19.6. The van der Waals surface area contributed by atoms with Crippen LogP contribution in [0.4, 0.5) is 5.82 Å². The first-order chi connectivity index (χ1) is 15.1. The lowest BCUT2D eigenvalue weighted by molar-refractivity contribution is 0.0651. The number of carbonyl (C=O) groups excluding carboxylic acids is 1. The van der Waals surface area contributed by atoms with Gasteiger partial charge in [-0.05, 0) is 42.5 Å². The Morgan fingerprint density at radius 2 is 2.10 bits per heavy atom. The third-order valence-electron chi connectivity index (χ3n) is 6.25. The second-order valence-electron chi connectivity index (χ2n) is 8.21. The van der Waals surface area contributed by atoms with Crippen LogP contribution in [0.2, 0.25) is 0 Å². The van der Waals surface area contributed by atoms with Gasteiger partial charge in [0.2, 0.25) is 0 Å². The maximum absolute atomic E-state index is 13.0. The molecular weight excluding hydrogens is 392 g/mol. The first-order valence-corrected chi connectivity index (χ1v) is 10.6. The highest BCUT2D eigenvalue weighted by Crippen LogP contribution is 2.32. The summed E-state index contributed by atoms with van der Waals surface area (Å²) in [6.07, 6.45) is 3.49. The lowest BCUT2D eigenvalue weighted by atomic mass is 9.97. The number of aliphatic hydroxyl groups is 1. The van der Waals surface area contributed by atoms with Gasteiger partial charge in [-0.3, -0.25) is 4.79 Å². The summed E-state index contributed by atoms with van der Waals surface area (Å²) >= 11 is 0. The average Bonchev–Trinajstić information content (AvgIpc) is 3.41. The standard InChI is InChI=1S/C23H26N6O2/c1-24-22-19-20(28(2)13-25-19)17-11-18(26-21(17)27-22)15-4-3-5-16(10-15)23(31)29-8-6-14(12-30)7-9-29/h3-5,10-11,13-14,30H,6-9,12H2,1-2H3,(H2,24,26,27). The van der Waals surface area contributed by atoms with Gasteiger partial charge >= 0.3 is 0 Å². The number of aryl methyl sites for hydroxylation is 1. The first-order valence-electron chi connectivity index (χ1n) is 10.6. The minimum absolute atomic E-state index is 0.0407. The molecule has 31 heavy (non-hydrogen) atoms. The fraction of sp³-hybridized carbons (Fsp3) is 0.348.